The van der Waals surface area contributed by atoms with E-state index in [0.717, 1.165) is 25.1 Å². The van der Waals surface area contributed by atoms with Gasteiger partial charge in [-0.1, -0.05) is 0 Å². The smallest absolute Gasteiger partial charge is 0.274 e. The lowest BCUT2D eigenvalue weighted by molar-refractivity contribution is 0.0702. The Balaban J connectivity index is 2.09. The van der Waals surface area contributed by atoms with Crippen LogP contribution >= 0.6 is 0 Å². The molecule has 2 rings (SSSR count). The van der Waals surface area contributed by atoms with Crippen molar-refractivity contribution in [2.75, 3.05) is 13.1 Å². The molecule has 0 bridgehead atoms. The van der Waals surface area contributed by atoms with E-state index in [9.17, 15) is 4.79 Å². The van der Waals surface area contributed by atoms with Gasteiger partial charge in [0.05, 0.1) is 11.9 Å². The van der Waals surface area contributed by atoms with Crippen LogP contribution in [0.15, 0.2) is 12.4 Å². The lowest BCUT2D eigenvalue weighted by atomic mass is 10.1. The van der Waals surface area contributed by atoms with Crippen LogP contribution in [-0.2, 0) is 0 Å². The molecule has 1 aromatic heterocycles. The van der Waals surface area contributed by atoms with Crippen molar-refractivity contribution >= 4 is 5.91 Å². The zero-order valence-corrected chi connectivity index (χ0v) is 9.39. The van der Waals surface area contributed by atoms with Crippen molar-refractivity contribution in [1.29, 1.82) is 0 Å². The van der Waals surface area contributed by atoms with Crippen molar-refractivity contribution in [3.8, 4) is 0 Å². The minimum Gasteiger partial charge on any atom is -0.336 e. The number of likely N-dealkylation sites (tertiary alicyclic amines) is 1. The molecule has 16 heavy (non-hydrogen) atoms. The maximum absolute atomic E-state index is 12.0. The summed E-state index contributed by atoms with van der Waals surface area (Å²) in [6.07, 6.45) is 5.09. The SMILES string of the molecule is Cc1cnc(C(=O)N2CCC[C@@H](N)C2)cn1. The van der Waals surface area contributed by atoms with Crippen LogP contribution in [-0.4, -0.2) is 39.9 Å². The molecule has 0 spiro atoms. The lowest BCUT2D eigenvalue weighted by Gasteiger charge is -2.30. The van der Waals surface area contributed by atoms with E-state index >= 15 is 0 Å². The number of aromatic nitrogens is 2. The minimum atomic E-state index is -0.0670. The molecule has 2 heterocycles. The van der Waals surface area contributed by atoms with E-state index in [1.165, 1.54) is 6.20 Å². The maximum atomic E-state index is 12.0. The Morgan fingerprint density at radius 3 is 2.94 bits per heavy atom. The molecule has 0 radical (unpaired) electrons. The standard InChI is InChI=1S/C11H16N4O/c1-8-5-14-10(6-13-8)11(16)15-4-2-3-9(12)7-15/h5-6,9H,2-4,7,12H2,1H3/t9-/m1/s1. The second-order valence-corrected chi connectivity index (χ2v) is 4.20. The summed E-state index contributed by atoms with van der Waals surface area (Å²) in [5, 5.41) is 0. The highest BCUT2D eigenvalue weighted by Crippen LogP contribution is 2.11. The number of carbonyl (C=O) groups excluding carboxylic acids is 1. The van der Waals surface area contributed by atoms with Gasteiger partial charge in [-0.05, 0) is 19.8 Å². The zero-order chi connectivity index (χ0) is 11.5. The maximum Gasteiger partial charge on any atom is 0.274 e. The fraction of sp³-hybridized carbons (Fsp3) is 0.545. The third-order valence-electron chi connectivity index (χ3n) is 2.75. The second-order valence-electron chi connectivity index (χ2n) is 4.20. The molecular formula is C11H16N4O. The highest BCUT2D eigenvalue weighted by molar-refractivity contribution is 5.92. The van der Waals surface area contributed by atoms with Crippen LogP contribution in [0, 0.1) is 6.92 Å². The van der Waals surface area contributed by atoms with E-state index < -0.39 is 0 Å². The number of hydrogen-bond acceptors (Lipinski definition) is 4. The predicted octanol–water partition coefficient (Wildman–Crippen LogP) is 0.348. The summed E-state index contributed by atoms with van der Waals surface area (Å²) < 4.78 is 0. The molecule has 0 aliphatic carbocycles. The highest BCUT2D eigenvalue weighted by atomic mass is 16.2. The van der Waals surface area contributed by atoms with Crippen LogP contribution in [0.3, 0.4) is 0 Å². The van der Waals surface area contributed by atoms with E-state index in [4.69, 9.17) is 5.73 Å². The van der Waals surface area contributed by atoms with Gasteiger partial charge in [-0.25, -0.2) is 4.98 Å². The molecule has 2 N–H and O–H groups in total. The van der Waals surface area contributed by atoms with Gasteiger partial charge in [-0.3, -0.25) is 9.78 Å². The molecule has 0 saturated carbocycles. The summed E-state index contributed by atoms with van der Waals surface area (Å²) in [5.41, 5.74) is 7.05. The van der Waals surface area contributed by atoms with Gasteiger partial charge >= 0.3 is 0 Å². The van der Waals surface area contributed by atoms with Crippen LogP contribution in [0.2, 0.25) is 0 Å². The molecule has 5 heteroatoms. The number of nitrogens with two attached hydrogens (primary N) is 1. The number of hydrogen-bond donors (Lipinski definition) is 1. The van der Waals surface area contributed by atoms with Gasteiger partial charge in [0.1, 0.15) is 5.69 Å². The van der Waals surface area contributed by atoms with Crippen LogP contribution in [0.5, 0.6) is 0 Å². The molecule has 1 amide bonds. The average molecular weight is 220 g/mol. The van der Waals surface area contributed by atoms with Crippen molar-refractivity contribution in [2.24, 2.45) is 5.73 Å². The quantitative estimate of drug-likeness (QED) is 0.741. The van der Waals surface area contributed by atoms with E-state index in [1.54, 1.807) is 11.1 Å². The molecule has 1 aliphatic heterocycles. The Hall–Kier alpha value is -1.49. The van der Waals surface area contributed by atoms with E-state index in [0.29, 0.717) is 12.2 Å². The third kappa shape index (κ3) is 2.36. The predicted molar refractivity (Wildman–Crippen MR) is 59.9 cm³/mol. The highest BCUT2D eigenvalue weighted by Gasteiger charge is 2.23. The Morgan fingerprint density at radius 2 is 2.31 bits per heavy atom. The van der Waals surface area contributed by atoms with Gasteiger partial charge in [0, 0.05) is 25.3 Å². The topological polar surface area (TPSA) is 72.1 Å². The first-order valence-corrected chi connectivity index (χ1v) is 5.50. The van der Waals surface area contributed by atoms with E-state index in [2.05, 4.69) is 9.97 Å². The largest absolute Gasteiger partial charge is 0.336 e. The Labute approximate surface area is 94.7 Å². The van der Waals surface area contributed by atoms with Crippen molar-refractivity contribution in [3.05, 3.63) is 23.8 Å². The number of nitrogens with zero attached hydrogens (tertiary/aromatic N) is 3. The normalized spacial score (nSPS) is 20.9. The molecule has 1 saturated heterocycles. The molecule has 86 valence electrons. The summed E-state index contributed by atoms with van der Waals surface area (Å²) in [6.45, 7) is 3.23. The van der Waals surface area contributed by atoms with Gasteiger partial charge in [-0.15, -0.1) is 0 Å². The Morgan fingerprint density at radius 1 is 1.50 bits per heavy atom. The first-order valence-electron chi connectivity index (χ1n) is 5.50. The van der Waals surface area contributed by atoms with Gasteiger partial charge in [0.15, 0.2) is 0 Å². The lowest BCUT2D eigenvalue weighted by Crippen LogP contribution is -2.45. The van der Waals surface area contributed by atoms with Gasteiger partial charge in [0.25, 0.3) is 5.91 Å². The van der Waals surface area contributed by atoms with Crippen LogP contribution in [0.25, 0.3) is 0 Å². The number of rotatable bonds is 1. The van der Waals surface area contributed by atoms with Crippen LogP contribution in [0.1, 0.15) is 29.0 Å². The number of piperidine rings is 1. The molecule has 1 aromatic rings. The summed E-state index contributed by atoms with van der Waals surface area (Å²) in [5.74, 6) is -0.0670. The fourth-order valence-electron chi connectivity index (χ4n) is 1.86. The molecule has 1 atom stereocenters. The zero-order valence-electron chi connectivity index (χ0n) is 9.39. The van der Waals surface area contributed by atoms with Gasteiger partial charge in [-0.2, -0.15) is 0 Å². The van der Waals surface area contributed by atoms with Gasteiger partial charge < -0.3 is 10.6 Å². The Kier molecular flexibility index (Phi) is 3.14. The number of amides is 1. The average Bonchev–Trinajstić information content (AvgIpc) is 2.29. The first kappa shape index (κ1) is 11.0. The fourth-order valence-corrected chi connectivity index (χ4v) is 1.86. The van der Waals surface area contributed by atoms with Crippen LogP contribution < -0.4 is 5.73 Å². The molecule has 0 aromatic carbocycles. The number of aryl methyl sites for hydroxylation is 1. The van der Waals surface area contributed by atoms with Crippen molar-refractivity contribution in [2.45, 2.75) is 25.8 Å². The van der Waals surface area contributed by atoms with E-state index in [-0.39, 0.29) is 11.9 Å². The monoisotopic (exact) mass is 220 g/mol. The Bertz CT molecular complexity index is 376. The molecular weight excluding hydrogens is 204 g/mol. The second kappa shape index (κ2) is 4.57. The summed E-state index contributed by atoms with van der Waals surface area (Å²) in [6, 6.07) is 0.0936. The van der Waals surface area contributed by atoms with Gasteiger partial charge in [0.2, 0.25) is 0 Å². The van der Waals surface area contributed by atoms with Crippen molar-refractivity contribution in [3.63, 3.8) is 0 Å². The first-order chi connectivity index (χ1) is 7.66. The van der Waals surface area contributed by atoms with Crippen molar-refractivity contribution < 1.29 is 4.79 Å². The summed E-state index contributed by atoms with van der Waals surface area (Å²) >= 11 is 0. The molecule has 5 nitrogen and oxygen atoms in total. The van der Waals surface area contributed by atoms with E-state index in [1.807, 2.05) is 6.92 Å². The minimum absolute atomic E-state index is 0.0670. The third-order valence-corrected chi connectivity index (χ3v) is 2.75. The summed E-state index contributed by atoms with van der Waals surface area (Å²) in [4.78, 5) is 21.9. The molecule has 1 aliphatic rings. The van der Waals surface area contributed by atoms with Crippen LogP contribution in [0.4, 0.5) is 0 Å². The summed E-state index contributed by atoms with van der Waals surface area (Å²) in [7, 11) is 0. The molecule has 0 unspecified atom stereocenters. The number of carbonyl (C=O) groups is 1. The molecule has 1 fully saturated rings. The van der Waals surface area contributed by atoms with Crippen molar-refractivity contribution in [1.82, 2.24) is 14.9 Å².